The van der Waals surface area contributed by atoms with Crippen LogP contribution in [0.2, 0.25) is 0 Å². The maximum Gasteiger partial charge on any atom is 0.251 e. The second kappa shape index (κ2) is 10.6. The zero-order valence-corrected chi connectivity index (χ0v) is 22.0. The van der Waals surface area contributed by atoms with E-state index < -0.39 is 26.6 Å². The summed E-state index contributed by atoms with van der Waals surface area (Å²) >= 11 is 0. The molecule has 0 saturated heterocycles. The van der Waals surface area contributed by atoms with Crippen molar-refractivity contribution in [2.75, 3.05) is 13.2 Å². The van der Waals surface area contributed by atoms with Gasteiger partial charge in [-0.15, -0.1) is 0 Å². The van der Waals surface area contributed by atoms with Crippen LogP contribution in [0, 0.1) is 11.3 Å². The highest BCUT2D eigenvalue weighted by Gasteiger charge is 2.30. The number of nitriles is 1. The smallest absolute Gasteiger partial charge is 0.251 e. The van der Waals surface area contributed by atoms with Gasteiger partial charge in [-0.1, -0.05) is 47.6 Å². The van der Waals surface area contributed by atoms with Gasteiger partial charge in [0.05, 0.1) is 28.9 Å². The van der Waals surface area contributed by atoms with Crippen molar-refractivity contribution in [3.63, 3.8) is 0 Å². The Morgan fingerprint density at radius 2 is 1.51 bits per heavy atom. The Morgan fingerprint density at radius 1 is 1.00 bits per heavy atom. The number of hydrogen-bond donors (Lipinski definition) is 3. The molecule has 0 heterocycles. The zero-order valence-electron chi connectivity index (χ0n) is 21.1. The summed E-state index contributed by atoms with van der Waals surface area (Å²) in [5.41, 5.74) is 0.928. The monoisotopic (exact) mass is 498 g/mol. The first-order chi connectivity index (χ1) is 16.1. The molecule has 0 spiro atoms. The second-order valence-electron chi connectivity index (χ2n) is 10.4. The largest absolute Gasteiger partial charge is 0.507 e. The number of carbonyl (C=O) groups is 1. The lowest BCUT2D eigenvalue weighted by Crippen LogP contribution is -2.26. The number of carbonyl (C=O) groups excluding carboxylic acids is 1. The van der Waals surface area contributed by atoms with Crippen LogP contribution in [0.5, 0.6) is 5.75 Å². The number of aliphatic hydroxyl groups excluding tert-OH is 1. The summed E-state index contributed by atoms with van der Waals surface area (Å²) in [5, 5.41) is 31.6. The third-order valence-corrected chi connectivity index (χ3v) is 7.38. The number of amides is 1. The third kappa shape index (κ3) is 6.50. The minimum Gasteiger partial charge on any atom is -0.507 e. The molecule has 0 saturated carbocycles. The lowest BCUT2D eigenvalue weighted by Gasteiger charge is -2.28. The first-order valence-electron chi connectivity index (χ1n) is 11.3. The highest BCUT2D eigenvalue weighted by molar-refractivity contribution is 8.00. The van der Waals surface area contributed by atoms with E-state index in [2.05, 4.69) is 5.32 Å². The standard InChI is InChI=1S/C27H34N2O5S/c1-26(2,3)21-16-19(17-22(24(21)31)27(4,5)6)23(8-7-13-28)35(33,34)20-11-9-18(10-12-20)25(32)29-14-15-30/h8-12,16-17,30-31H,7,14-15H2,1-6H3,(H,29,32)/b23-8+. The van der Waals surface area contributed by atoms with Crippen LogP contribution < -0.4 is 5.32 Å². The van der Waals surface area contributed by atoms with Crippen molar-refractivity contribution in [1.29, 1.82) is 5.26 Å². The first-order valence-corrected chi connectivity index (χ1v) is 12.8. The summed E-state index contributed by atoms with van der Waals surface area (Å²) in [6.45, 7) is 11.5. The van der Waals surface area contributed by atoms with E-state index in [1.165, 1.54) is 30.3 Å². The second-order valence-corrected chi connectivity index (χ2v) is 12.3. The molecular formula is C27H34N2O5S. The Hall–Kier alpha value is -3.15. The van der Waals surface area contributed by atoms with Gasteiger partial charge in [-0.25, -0.2) is 8.42 Å². The van der Waals surface area contributed by atoms with Crippen LogP contribution in [0.25, 0.3) is 4.91 Å². The fourth-order valence-corrected chi connectivity index (χ4v) is 5.10. The fraction of sp³-hybridized carbons (Fsp3) is 0.407. The van der Waals surface area contributed by atoms with Gasteiger partial charge >= 0.3 is 0 Å². The van der Waals surface area contributed by atoms with E-state index >= 15 is 0 Å². The van der Waals surface area contributed by atoms with Crippen LogP contribution in [0.4, 0.5) is 0 Å². The average Bonchev–Trinajstić information content (AvgIpc) is 2.76. The minimum absolute atomic E-state index is 0.0249. The van der Waals surface area contributed by atoms with Gasteiger partial charge in [-0.05, 0) is 52.8 Å². The summed E-state index contributed by atoms with van der Waals surface area (Å²) in [6, 6.07) is 10.8. The van der Waals surface area contributed by atoms with Crippen LogP contribution >= 0.6 is 0 Å². The average molecular weight is 499 g/mol. The number of allylic oxidation sites excluding steroid dienone is 1. The molecule has 2 aromatic carbocycles. The van der Waals surface area contributed by atoms with Crippen molar-refractivity contribution in [2.24, 2.45) is 0 Å². The predicted octanol–water partition coefficient (Wildman–Crippen LogP) is 4.44. The molecule has 0 aromatic heterocycles. The number of aliphatic hydroxyl groups is 1. The number of benzene rings is 2. The fourth-order valence-electron chi connectivity index (χ4n) is 3.63. The number of phenolic OH excluding ortho intramolecular Hbond substituents is 1. The van der Waals surface area contributed by atoms with Crippen molar-refractivity contribution < 1.29 is 23.4 Å². The van der Waals surface area contributed by atoms with Gasteiger partial charge < -0.3 is 15.5 Å². The molecule has 0 bridgehead atoms. The predicted molar refractivity (Wildman–Crippen MR) is 137 cm³/mol. The van der Waals surface area contributed by atoms with Crippen LogP contribution in [-0.4, -0.2) is 37.7 Å². The van der Waals surface area contributed by atoms with Gasteiger partial charge in [-0.3, -0.25) is 4.79 Å². The summed E-state index contributed by atoms with van der Waals surface area (Å²) < 4.78 is 27.4. The van der Waals surface area contributed by atoms with Gasteiger partial charge in [0.25, 0.3) is 5.91 Å². The van der Waals surface area contributed by atoms with Crippen LogP contribution in [-0.2, 0) is 20.7 Å². The molecule has 0 radical (unpaired) electrons. The Labute approximate surface area is 208 Å². The number of phenols is 1. The topological polar surface area (TPSA) is 127 Å². The van der Waals surface area contributed by atoms with E-state index in [1.54, 1.807) is 12.1 Å². The normalized spacial score (nSPS) is 12.8. The Balaban J connectivity index is 2.71. The highest BCUT2D eigenvalue weighted by Crippen LogP contribution is 2.42. The van der Waals surface area contributed by atoms with Crippen molar-refractivity contribution in [2.45, 2.75) is 63.7 Å². The lowest BCUT2D eigenvalue weighted by molar-refractivity contribution is 0.0944. The molecule has 2 rings (SSSR count). The van der Waals surface area contributed by atoms with E-state index in [9.17, 15) is 23.6 Å². The van der Waals surface area contributed by atoms with Crippen molar-refractivity contribution in [3.05, 3.63) is 64.7 Å². The van der Waals surface area contributed by atoms with Gasteiger partial charge in [-0.2, -0.15) is 5.26 Å². The molecular weight excluding hydrogens is 464 g/mol. The molecule has 0 atom stereocenters. The van der Waals surface area contributed by atoms with Crippen molar-refractivity contribution in [3.8, 4) is 11.8 Å². The molecule has 35 heavy (non-hydrogen) atoms. The van der Waals surface area contributed by atoms with Gasteiger partial charge in [0.2, 0.25) is 9.84 Å². The molecule has 188 valence electrons. The molecule has 0 unspecified atom stereocenters. The van der Waals surface area contributed by atoms with Crippen molar-refractivity contribution >= 4 is 20.6 Å². The number of nitrogens with zero attached hydrogens (tertiary/aromatic N) is 1. The van der Waals surface area contributed by atoms with E-state index in [-0.39, 0.29) is 40.7 Å². The SMILES string of the molecule is CC(C)(C)c1cc(/C(=C\CC#N)S(=O)(=O)c2ccc(C(=O)NCCO)cc2)cc(C(C)(C)C)c1O. The van der Waals surface area contributed by atoms with Crippen LogP contribution in [0.15, 0.2) is 47.4 Å². The maximum absolute atomic E-state index is 13.7. The summed E-state index contributed by atoms with van der Waals surface area (Å²) in [5.74, 6) is -0.296. The molecule has 0 aliphatic carbocycles. The van der Waals surface area contributed by atoms with Gasteiger partial charge in [0, 0.05) is 23.2 Å². The number of hydrogen-bond acceptors (Lipinski definition) is 6. The van der Waals surface area contributed by atoms with E-state index in [0.29, 0.717) is 16.7 Å². The molecule has 2 aromatic rings. The van der Waals surface area contributed by atoms with E-state index in [4.69, 9.17) is 5.11 Å². The number of aromatic hydroxyl groups is 1. The molecule has 1 amide bonds. The maximum atomic E-state index is 13.7. The summed E-state index contributed by atoms with van der Waals surface area (Å²) in [4.78, 5) is 12.1. The van der Waals surface area contributed by atoms with E-state index in [1.807, 2.05) is 47.6 Å². The van der Waals surface area contributed by atoms with Gasteiger partial charge in [0.15, 0.2) is 0 Å². The summed E-state index contributed by atoms with van der Waals surface area (Å²) in [6.07, 6.45) is 1.26. The first kappa shape index (κ1) is 28.1. The minimum atomic E-state index is -4.07. The molecule has 0 aliphatic heterocycles. The number of nitrogens with one attached hydrogen (secondary N) is 1. The molecule has 8 heteroatoms. The van der Waals surface area contributed by atoms with Crippen LogP contribution in [0.1, 0.15) is 75.0 Å². The Morgan fingerprint density at radius 3 is 1.94 bits per heavy atom. The van der Waals surface area contributed by atoms with E-state index in [0.717, 1.165) is 0 Å². The summed E-state index contributed by atoms with van der Waals surface area (Å²) in [7, 11) is -4.07. The Bertz CT molecular complexity index is 1220. The highest BCUT2D eigenvalue weighted by atomic mass is 32.2. The quantitative estimate of drug-likeness (QED) is 0.518. The number of rotatable bonds is 7. The van der Waals surface area contributed by atoms with Crippen LogP contribution in [0.3, 0.4) is 0 Å². The molecule has 0 aliphatic rings. The molecule has 3 N–H and O–H groups in total. The number of sulfone groups is 1. The molecule has 0 fully saturated rings. The lowest BCUT2D eigenvalue weighted by atomic mass is 9.78. The van der Waals surface area contributed by atoms with Gasteiger partial charge in [0.1, 0.15) is 5.75 Å². The van der Waals surface area contributed by atoms with Crippen molar-refractivity contribution in [1.82, 2.24) is 5.32 Å². The Kier molecular flexibility index (Phi) is 8.53. The zero-order chi connectivity index (χ0) is 26.6. The molecule has 7 nitrogen and oxygen atoms in total. The third-order valence-electron chi connectivity index (χ3n) is 5.50.